The summed E-state index contributed by atoms with van der Waals surface area (Å²) in [4.78, 5) is 42.8. The van der Waals surface area contributed by atoms with E-state index in [0.29, 0.717) is 22.1 Å². The molecule has 0 aliphatic heterocycles. The lowest BCUT2D eigenvalue weighted by atomic mass is 10.1. The zero-order valence-electron chi connectivity index (χ0n) is 18.5. The molecule has 0 spiro atoms. The van der Waals surface area contributed by atoms with Crippen molar-refractivity contribution in [1.82, 2.24) is 4.98 Å². The van der Waals surface area contributed by atoms with Crippen LogP contribution < -0.4 is 10.2 Å². The predicted molar refractivity (Wildman–Crippen MR) is 128 cm³/mol. The number of nitrogens with one attached hydrogen (secondary N) is 1. The highest BCUT2D eigenvalue weighted by Gasteiger charge is 2.29. The number of esters is 1. The van der Waals surface area contributed by atoms with Crippen LogP contribution in [0.1, 0.15) is 48.3 Å². The minimum absolute atomic E-state index is 0.0186. The minimum atomic E-state index is -0.509. The summed E-state index contributed by atoms with van der Waals surface area (Å²) in [5, 5.41) is 5.11. The lowest BCUT2D eigenvalue weighted by molar-refractivity contribution is -0.117. The van der Waals surface area contributed by atoms with Gasteiger partial charge in [-0.25, -0.2) is 9.78 Å². The molecule has 0 radical (unpaired) electrons. The van der Waals surface area contributed by atoms with Gasteiger partial charge in [-0.2, -0.15) is 0 Å². The van der Waals surface area contributed by atoms with Crippen molar-refractivity contribution in [3.8, 4) is 0 Å². The molecule has 1 aromatic heterocycles. The third-order valence-corrected chi connectivity index (χ3v) is 6.19. The van der Waals surface area contributed by atoms with E-state index in [9.17, 15) is 14.4 Å². The van der Waals surface area contributed by atoms with Gasteiger partial charge in [0.25, 0.3) is 0 Å². The van der Waals surface area contributed by atoms with E-state index in [0.717, 1.165) is 24.9 Å². The molecule has 0 bridgehead atoms. The Balaban J connectivity index is 1.40. The molecule has 1 fully saturated rings. The molecule has 4 rings (SSSR count). The molecule has 0 unspecified atom stereocenters. The molecule has 33 heavy (non-hydrogen) atoms. The first-order chi connectivity index (χ1) is 15.9. The fourth-order valence-corrected chi connectivity index (χ4v) is 4.18. The molecule has 1 saturated carbocycles. The third-order valence-electron chi connectivity index (χ3n) is 5.31. The van der Waals surface area contributed by atoms with Crippen LogP contribution in [0.25, 0.3) is 0 Å². The van der Waals surface area contributed by atoms with E-state index in [-0.39, 0.29) is 24.3 Å². The van der Waals surface area contributed by atoms with E-state index in [1.165, 1.54) is 23.8 Å². The van der Waals surface area contributed by atoms with E-state index in [4.69, 9.17) is 4.74 Å². The number of anilines is 3. The summed E-state index contributed by atoms with van der Waals surface area (Å²) in [6, 6.07) is 14.5. The van der Waals surface area contributed by atoms with Gasteiger partial charge in [-0.3, -0.25) is 14.5 Å². The number of hydrogen-bond donors (Lipinski definition) is 1. The van der Waals surface area contributed by atoms with Crippen LogP contribution in [0.15, 0.2) is 53.9 Å². The van der Waals surface area contributed by atoms with Gasteiger partial charge in [0, 0.05) is 23.9 Å². The number of carbonyl (C=O) groups excluding carboxylic acids is 3. The number of aryl methyl sites for hydroxylation is 1. The maximum absolute atomic E-state index is 12.5. The minimum Gasteiger partial charge on any atom is -0.456 e. The maximum atomic E-state index is 12.5. The van der Waals surface area contributed by atoms with Gasteiger partial charge in [-0.15, -0.1) is 11.3 Å². The Morgan fingerprint density at radius 1 is 1.15 bits per heavy atom. The van der Waals surface area contributed by atoms with E-state index in [2.05, 4.69) is 17.2 Å². The number of hydrogen-bond acceptors (Lipinski definition) is 6. The van der Waals surface area contributed by atoms with Crippen LogP contribution in [0.3, 0.4) is 0 Å². The van der Waals surface area contributed by atoms with Crippen molar-refractivity contribution in [2.75, 3.05) is 10.2 Å². The van der Waals surface area contributed by atoms with Crippen LogP contribution in [-0.4, -0.2) is 22.8 Å². The van der Waals surface area contributed by atoms with Gasteiger partial charge in [0.1, 0.15) is 6.61 Å². The number of nitrogens with zero attached hydrogens (tertiary/aromatic N) is 2. The SMILES string of the molecule is CCc1ccc(N(C(C)=O)c2nc(COC(=O)c3cccc(NC(=O)C4CC4)c3)cs2)cc1. The summed E-state index contributed by atoms with van der Waals surface area (Å²) < 4.78 is 5.41. The summed E-state index contributed by atoms with van der Waals surface area (Å²) in [5.41, 5.74) is 3.40. The first-order valence-corrected chi connectivity index (χ1v) is 11.7. The number of thiazole rings is 1. The first kappa shape index (κ1) is 22.7. The third kappa shape index (κ3) is 5.64. The maximum Gasteiger partial charge on any atom is 0.338 e. The molecule has 2 amide bonds. The van der Waals surface area contributed by atoms with E-state index in [1.807, 2.05) is 24.3 Å². The molecule has 1 heterocycles. The second kappa shape index (κ2) is 9.95. The number of benzene rings is 2. The van der Waals surface area contributed by atoms with Crippen molar-refractivity contribution in [2.45, 2.75) is 39.7 Å². The van der Waals surface area contributed by atoms with Crippen molar-refractivity contribution in [1.29, 1.82) is 0 Å². The van der Waals surface area contributed by atoms with Gasteiger partial charge < -0.3 is 10.1 Å². The number of amides is 2. The van der Waals surface area contributed by atoms with Crippen molar-refractivity contribution in [3.63, 3.8) is 0 Å². The van der Waals surface area contributed by atoms with Gasteiger partial charge in [0.15, 0.2) is 5.13 Å². The summed E-state index contributed by atoms with van der Waals surface area (Å²) in [6.45, 7) is 3.55. The fourth-order valence-electron chi connectivity index (χ4n) is 3.31. The number of ether oxygens (including phenoxy) is 1. The summed E-state index contributed by atoms with van der Waals surface area (Å²) >= 11 is 1.31. The molecular formula is C25H25N3O4S. The van der Waals surface area contributed by atoms with Crippen LogP contribution >= 0.6 is 11.3 Å². The van der Waals surface area contributed by atoms with Gasteiger partial charge in [0.2, 0.25) is 11.8 Å². The average molecular weight is 464 g/mol. The lowest BCUT2D eigenvalue weighted by Gasteiger charge is -2.18. The second-order valence-electron chi connectivity index (χ2n) is 7.92. The predicted octanol–water partition coefficient (Wildman–Crippen LogP) is 5.10. The molecule has 1 N–H and O–H groups in total. The molecule has 1 aliphatic carbocycles. The zero-order chi connectivity index (χ0) is 23.4. The summed E-state index contributed by atoms with van der Waals surface area (Å²) in [7, 11) is 0. The average Bonchev–Trinajstić information content (AvgIpc) is 3.58. The van der Waals surface area contributed by atoms with Crippen molar-refractivity contribution < 1.29 is 19.1 Å². The lowest BCUT2D eigenvalue weighted by Crippen LogP contribution is -2.22. The Hall–Kier alpha value is -3.52. The van der Waals surface area contributed by atoms with Crippen molar-refractivity contribution >= 4 is 45.6 Å². The highest BCUT2D eigenvalue weighted by atomic mass is 32.1. The van der Waals surface area contributed by atoms with Crippen LogP contribution in [-0.2, 0) is 27.4 Å². The first-order valence-electron chi connectivity index (χ1n) is 10.9. The topological polar surface area (TPSA) is 88.6 Å². The second-order valence-corrected chi connectivity index (χ2v) is 8.75. The monoisotopic (exact) mass is 463 g/mol. The summed E-state index contributed by atoms with van der Waals surface area (Å²) in [6.07, 6.45) is 2.74. The molecule has 8 heteroatoms. The molecule has 3 aromatic rings. The van der Waals surface area contributed by atoms with Gasteiger partial charge in [0.05, 0.1) is 16.9 Å². The molecule has 170 valence electrons. The molecule has 1 aliphatic rings. The standard InChI is InChI=1S/C25H25N3O4S/c1-3-17-7-11-22(12-8-17)28(16(2)29)25-27-21(15-33-25)14-32-24(31)19-5-4-6-20(13-19)26-23(30)18-9-10-18/h4-8,11-13,15,18H,3,9-10,14H2,1-2H3,(H,26,30). The quantitative estimate of drug-likeness (QED) is 0.470. The van der Waals surface area contributed by atoms with Gasteiger partial charge >= 0.3 is 5.97 Å². The Morgan fingerprint density at radius 3 is 2.58 bits per heavy atom. The Morgan fingerprint density at radius 2 is 1.91 bits per heavy atom. The smallest absolute Gasteiger partial charge is 0.338 e. The van der Waals surface area contributed by atoms with Crippen molar-refractivity contribution in [2.24, 2.45) is 5.92 Å². The van der Waals surface area contributed by atoms with E-state index in [1.54, 1.807) is 34.5 Å². The van der Waals surface area contributed by atoms with Crippen LogP contribution in [0.2, 0.25) is 0 Å². The largest absolute Gasteiger partial charge is 0.456 e. The Bertz CT molecular complexity index is 1170. The number of carbonyl (C=O) groups is 3. The van der Waals surface area contributed by atoms with Crippen molar-refractivity contribution in [3.05, 3.63) is 70.7 Å². The Kier molecular flexibility index (Phi) is 6.84. The van der Waals surface area contributed by atoms with Crippen LogP contribution in [0.4, 0.5) is 16.5 Å². The molecule has 2 aromatic carbocycles. The highest BCUT2D eigenvalue weighted by molar-refractivity contribution is 7.14. The van der Waals surface area contributed by atoms with Gasteiger partial charge in [-0.1, -0.05) is 25.1 Å². The van der Waals surface area contributed by atoms with E-state index >= 15 is 0 Å². The van der Waals surface area contributed by atoms with Crippen LogP contribution in [0.5, 0.6) is 0 Å². The molecule has 0 atom stereocenters. The van der Waals surface area contributed by atoms with E-state index < -0.39 is 5.97 Å². The number of aromatic nitrogens is 1. The molecular weight excluding hydrogens is 438 g/mol. The van der Waals surface area contributed by atoms with Crippen LogP contribution in [0, 0.1) is 5.92 Å². The molecule has 0 saturated heterocycles. The zero-order valence-corrected chi connectivity index (χ0v) is 19.4. The Labute approximate surface area is 196 Å². The number of rotatable bonds is 8. The highest BCUT2D eigenvalue weighted by Crippen LogP contribution is 2.31. The normalized spacial score (nSPS) is 12.8. The fraction of sp³-hybridized carbons (Fsp3) is 0.280. The van der Waals surface area contributed by atoms with Gasteiger partial charge in [-0.05, 0) is 55.2 Å². The molecule has 7 nitrogen and oxygen atoms in total. The summed E-state index contributed by atoms with van der Waals surface area (Å²) in [5.74, 6) is -0.596.